The summed E-state index contributed by atoms with van der Waals surface area (Å²) in [5, 5.41) is 3.05. The average Bonchev–Trinajstić information content (AvgIpc) is 2.65. The molecule has 1 aliphatic rings. The van der Waals surface area contributed by atoms with Gasteiger partial charge in [0.25, 0.3) is 0 Å². The highest BCUT2D eigenvalue weighted by Crippen LogP contribution is 2.17. The van der Waals surface area contributed by atoms with Crippen molar-refractivity contribution in [1.29, 1.82) is 0 Å². The van der Waals surface area contributed by atoms with Crippen LogP contribution in [0, 0.1) is 0 Å². The van der Waals surface area contributed by atoms with Gasteiger partial charge in [-0.1, -0.05) is 0 Å². The maximum atomic E-state index is 12.0. The predicted octanol–water partition coefficient (Wildman–Crippen LogP) is -0.828. The van der Waals surface area contributed by atoms with Gasteiger partial charge in [0.2, 0.25) is 5.91 Å². The number of carbonyl (C=O) groups excluding carboxylic acids is 1. The van der Waals surface area contributed by atoms with Crippen LogP contribution in [-0.2, 0) is 9.53 Å². The predicted molar refractivity (Wildman–Crippen MR) is 58.5 cm³/mol. The maximum absolute atomic E-state index is 12.0. The molecule has 0 aromatic heterocycles. The molecule has 1 amide bonds. The SMILES string of the molecule is CNCCCN(C)C(=O)C1(N)CCOC1. The van der Waals surface area contributed by atoms with Crippen molar-refractivity contribution in [2.75, 3.05) is 40.4 Å². The van der Waals surface area contributed by atoms with Gasteiger partial charge in [-0.3, -0.25) is 4.79 Å². The zero-order chi connectivity index (χ0) is 11.3. The Morgan fingerprint density at radius 1 is 1.67 bits per heavy atom. The smallest absolute Gasteiger partial charge is 0.244 e. The van der Waals surface area contributed by atoms with Crippen LogP contribution < -0.4 is 11.1 Å². The molecule has 1 aliphatic heterocycles. The molecule has 1 unspecified atom stereocenters. The molecule has 0 aliphatic carbocycles. The molecular formula is C10H21N3O2. The largest absolute Gasteiger partial charge is 0.379 e. The highest BCUT2D eigenvalue weighted by molar-refractivity contribution is 5.86. The molecule has 1 fully saturated rings. The Kier molecular flexibility index (Phi) is 4.50. The summed E-state index contributed by atoms with van der Waals surface area (Å²) in [4.78, 5) is 13.7. The number of rotatable bonds is 5. The topological polar surface area (TPSA) is 67.6 Å². The second kappa shape index (κ2) is 5.44. The monoisotopic (exact) mass is 215 g/mol. The van der Waals surface area contributed by atoms with E-state index >= 15 is 0 Å². The normalized spacial score (nSPS) is 25.5. The Labute approximate surface area is 90.9 Å². The van der Waals surface area contributed by atoms with Crippen LogP contribution >= 0.6 is 0 Å². The minimum absolute atomic E-state index is 0.00361. The van der Waals surface area contributed by atoms with Crippen LogP contribution in [0.25, 0.3) is 0 Å². The van der Waals surface area contributed by atoms with Crippen molar-refractivity contribution in [1.82, 2.24) is 10.2 Å². The number of hydrogen-bond acceptors (Lipinski definition) is 4. The van der Waals surface area contributed by atoms with Crippen molar-refractivity contribution in [2.24, 2.45) is 5.73 Å². The Morgan fingerprint density at radius 2 is 2.40 bits per heavy atom. The summed E-state index contributed by atoms with van der Waals surface area (Å²) in [5.74, 6) is -0.00361. The van der Waals surface area contributed by atoms with Crippen molar-refractivity contribution in [2.45, 2.75) is 18.4 Å². The van der Waals surface area contributed by atoms with Crippen LogP contribution in [0.3, 0.4) is 0 Å². The quantitative estimate of drug-likeness (QED) is 0.588. The fraction of sp³-hybridized carbons (Fsp3) is 0.900. The first-order chi connectivity index (χ1) is 7.10. The van der Waals surface area contributed by atoms with E-state index in [-0.39, 0.29) is 5.91 Å². The van der Waals surface area contributed by atoms with E-state index in [2.05, 4.69) is 5.32 Å². The standard InChI is InChI=1S/C10H21N3O2/c1-12-5-3-6-13(2)9(14)10(11)4-7-15-8-10/h12H,3-8,11H2,1-2H3. The first-order valence-corrected chi connectivity index (χ1v) is 5.37. The third-order valence-electron chi connectivity index (χ3n) is 2.75. The number of carbonyl (C=O) groups is 1. The lowest BCUT2D eigenvalue weighted by Gasteiger charge is -2.27. The number of nitrogens with one attached hydrogen (secondary N) is 1. The maximum Gasteiger partial charge on any atom is 0.244 e. The molecule has 15 heavy (non-hydrogen) atoms. The molecule has 1 atom stereocenters. The van der Waals surface area contributed by atoms with Crippen molar-refractivity contribution in [3.63, 3.8) is 0 Å². The molecule has 0 radical (unpaired) electrons. The van der Waals surface area contributed by atoms with E-state index < -0.39 is 5.54 Å². The first-order valence-electron chi connectivity index (χ1n) is 5.37. The van der Waals surface area contributed by atoms with Gasteiger partial charge in [-0.2, -0.15) is 0 Å². The lowest BCUT2D eigenvalue weighted by molar-refractivity contribution is -0.135. The second-order valence-corrected chi connectivity index (χ2v) is 4.14. The van der Waals surface area contributed by atoms with E-state index in [1.807, 2.05) is 7.05 Å². The fourth-order valence-corrected chi connectivity index (χ4v) is 1.72. The van der Waals surface area contributed by atoms with E-state index in [0.717, 1.165) is 19.5 Å². The van der Waals surface area contributed by atoms with Crippen LogP contribution in [0.15, 0.2) is 0 Å². The van der Waals surface area contributed by atoms with E-state index in [0.29, 0.717) is 19.6 Å². The number of amides is 1. The fourth-order valence-electron chi connectivity index (χ4n) is 1.72. The first kappa shape index (κ1) is 12.4. The molecule has 5 heteroatoms. The summed E-state index contributed by atoms with van der Waals surface area (Å²) < 4.78 is 5.17. The van der Waals surface area contributed by atoms with Gasteiger partial charge >= 0.3 is 0 Å². The lowest BCUT2D eigenvalue weighted by Crippen LogP contribution is -2.55. The average molecular weight is 215 g/mol. The van der Waals surface area contributed by atoms with Crippen LogP contribution in [0.4, 0.5) is 0 Å². The van der Waals surface area contributed by atoms with Crippen LogP contribution in [-0.4, -0.2) is 56.7 Å². The third kappa shape index (κ3) is 3.15. The van der Waals surface area contributed by atoms with Gasteiger partial charge in [0.1, 0.15) is 5.54 Å². The van der Waals surface area contributed by atoms with Crippen molar-refractivity contribution >= 4 is 5.91 Å². The van der Waals surface area contributed by atoms with E-state index in [1.54, 1.807) is 11.9 Å². The highest BCUT2D eigenvalue weighted by Gasteiger charge is 2.39. The molecule has 1 heterocycles. The van der Waals surface area contributed by atoms with Crippen LogP contribution in [0.1, 0.15) is 12.8 Å². The molecule has 0 spiro atoms. The van der Waals surface area contributed by atoms with Gasteiger partial charge in [0.15, 0.2) is 0 Å². The molecular weight excluding hydrogens is 194 g/mol. The molecule has 1 saturated heterocycles. The second-order valence-electron chi connectivity index (χ2n) is 4.14. The van der Waals surface area contributed by atoms with Crippen LogP contribution in [0.2, 0.25) is 0 Å². The summed E-state index contributed by atoms with van der Waals surface area (Å²) in [6, 6.07) is 0. The van der Waals surface area contributed by atoms with Gasteiger partial charge < -0.3 is 20.7 Å². The molecule has 0 aromatic rings. The van der Waals surface area contributed by atoms with Crippen molar-refractivity contribution in [3.8, 4) is 0 Å². The minimum atomic E-state index is -0.783. The van der Waals surface area contributed by atoms with E-state index in [9.17, 15) is 4.79 Å². The summed E-state index contributed by atoms with van der Waals surface area (Å²) in [7, 11) is 3.70. The number of nitrogens with zero attached hydrogens (tertiary/aromatic N) is 1. The summed E-state index contributed by atoms with van der Waals surface area (Å²) in [6.45, 7) is 2.58. The summed E-state index contributed by atoms with van der Waals surface area (Å²) in [5.41, 5.74) is 5.19. The van der Waals surface area contributed by atoms with Gasteiger partial charge in [-0.25, -0.2) is 0 Å². The molecule has 88 valence electrons. The molecule has 0 bridgehead atoms. The zero-order valence-corrected chi connectivity index (χ0v) is 9.58. The van der Waals surface area contributed by atoms with Gasteiger partial charge in [0.05, 0.1) is 6.61 Å². The molecule has 1 rings (SSSR count). The molecule has 5 nitrogen and oxygen atoms in total. The van der Waals surface area contributed by atoms with Gasteiger partial charge in [-0.15, -0.1) is 0 Å². The Bertz CT molecular complexity index is 215. The number of ether oxygens (including phenoxy) is 1. The Hall–Kier alpha value is -0.650. The zero-order valence-electron chi connectivity index (χ0n) is 9.58. The Morgan fingerprint density at radius 3 is 2.93 bits per heavy atom. The third-order valence-corrected chi connectivity index (χ3v) is 2.75. The number of likely N-dealkylation sites (N-methyl/N-ethyl adjacent to an activating group) is 1. The number of nitrogens with two attached hydrogens (primary N) is 1. The van der Waals surface area contributed by atoms with Gasteiger partial charge in [-0.05, 0) is 26.4 Å². The molecule has 0 aromatic carbocycles. The number of hydrogen-bond donors (Lipinski definition) is 2. The Balaban J connectivity index is 2.38. The molecule has 3 N–H and O–H groups in total. The highest BCUT2D eigenvalue weighted by atomic mass is 16.5. The van der Waals surface area contributed by atoms with E-state index in [4.69, 9.17) is 10.5 Å². The van der Waals surface area contributed by atoms with Crippen molar-refractivity contribution in [3.05, 3.63) is 0 Å². The van der Waals surface area contributed by atoms with Gasteiger partial charge in [0, 0.05) is 20.2 Å². The summed E-state index contributed by atoms with van der Waals surface area (Å²) >= 11 is 0. The van der Waals surface area contributed by atoms with E-state index in [1.165, 1.54) is 0 Å². The minimum Gasteiger partial charge on any atom is -0.379 e. The lowest BCUT2D eigenvalue weighted by atomic mass is 9.98. The van der Waals surface area contributed by atoms with Crippen molar-refractivity contribution < 1.29 is 9.53 Å². The summed E-state index contributed by atoms with van der Waals surface area (Å²) in [6.07, 6.45) is 1.57. The molecule has 0 saturated carbocycles. The van der Waals surface area contributed by atoms with Crippen LogP contribution in [0.5, 0.6) is 0 Å².